The van der Waals surface area contributed by atoms with Crippen LogP contribution in [0.25, 0.3) is 0 Å². The third-order valence-electron chi connectivity index (χ3n) is 3.53. The molecule has 0 radical (unpaired) electrons. The molecule has 1 aliphatic heterocycles. The lowest BCUT2D eigenvalue weighted by molar-refractivity contribution is 0.124. The lowest BCUT2D eigenvalue weighted by atomic mass is 10.1. The van der Waals surface area contributed by atoms with Crippen LogP contribution in [0.4, 0.5) is 10.6 Å². The Bertz CT molecular complexity index is 538. The number of aliphatic hydroxyl groups is 1. The van der Waals surface area contributed by atoms with Crippen molar-refractivity contribution < 1.29 is 14.4 Å². The van der Waals surface area contributed by atoms with Gasteiger partial charge in [-0.05, 0) is 6.42 Å². The van der Waals surface area contributed by atoms with E-state index in [-0.39, 0.29) is 18.0 Å². The van der Waals surface area contributed by atoms with Gasteiger partial charge in [-0.3, -0.25) is 0 Å². The number of aromatic nitrogens is 1. The highest BCUT2D eigenvalue weighted by Gasteiger charge is 2.45. The monoisotopic (exact) mass is 291 g/mol. The number of hydrogen-bond donors (Lipinski definition) is 1. The number of amides is 2. The zero-order valence-corrected chi connectivity index (χ0v) is 12.4. The summed E-state index contributed by atoms with van der Waals surface area (Å²) in [7, 11) is 0. The molecule has 1 aromatic rings. The molecule has 0 aromatic carbocycles. The number of aliphatic hydroxyl groups excluding tert-OH is 1. The second-order valence-electron chi connectivity index (χ2n) is 5.34. The maximum Gasteiger partial charge on any atom is 0.328 e. The summed E-state index contributed by atoms with van der Waals surface area (Å²) in [5, 5.41) is 14.3. The summed E-state index contributed by atoms with van der Waals surface area (Å²) in [6.07, 6.45) is 2.82. The molecule has 0 bridgehead atoms. The second kappa shape index (κ2) is 6.13. The van der Waals surface area contributed by atoms with Crippen molar-refractivity contribution in [2.24, 2.45) is 0 Å². The van der Waals surface area contributed by atoms with E-state index in [2.05, 4.69) is 18.3 Å². The third kappa shape index (κ3) is 2.71. The molecule has 2 unspecified atom stereocenters. The number of anilines is 1. The molecule has 2 heterocycles. The first-order chi connectivity index (χ1) is 10.0. The van der Waals surface area contributed by atoms with Gasteiger partial charge in [0.05, 0.1) is 6.04 Å². The smallest absolute Gasteiger partial charge is 0.328 e. The quantitative estimate of drug-likeness (QED) is 0.817. The van der Waals surface area contributed by atoms with Gasteiger partial charge in [0.25, 0.3) is 0 Å². The van der Waals surface area contributed by atoms with Gasteiger partial charge in [0.1, 0.15) is 5.76 Å². The maximum atomic E-state index is 12.5. The number of carbonyl (C=O) groups is 1. The highest BCUT2D eigenvalue weighted by atomic mass is 16.5. The number of carbonyl (C=O) groups excluding carboxylic acids is 1. The number of rotatable bonds is 6. The minimum absolute atomic E-state index is 0.161. The fourth-order valence-electron chi connectivity index (χ4n) is 2.40. The van der Waals surface area contributed by atoms with E-state index in [1.54, 1.807) is 23.1 Å². The van der Waals surface area contributed by atoms with Crippen molar-refractivity contribution >= 4 is 11.8 Å². The molecule has 1 saturated heterocycles. The van der Waals surface area contributed by atoms with Gasteiger partial charge in [-0.1, -0.05) is 31.2 Å². The summed E-state index contributed by atoms with van der Waals surface area (Å²) in [6, 6.07) is 1.01. The van der Waals surface area contributed by atoms with Crippen molar-refractivity contribution in [1.82, 2.24) is 10.1 Å². The summed E-state index contributed by atoms with van der Waals surface area (Å²) >= 11 is 0. The van der Waals surface area contributed by atoms with Gasteiger partial charge in [0.2, 0.25) is 0 Å². The Morgan fingerprint density at radius 3 is 2.71 bits per heavy atom. The molecule has 0 aliphatic carbocycles. The van der Waals surface area contributed by atoms with E-state index in [4.69, 9.17) is 4.52 Å². The fourth-order valence-corrected chi connectivity index (χ4v) is 2.40. The van der Waals surface area contributed by atoms with Crippen molar-refractivity contribution in [1.29, 1.82) is 0 Å². The van der Waals surface area contributed by atoms with E-state index >= 15 is 0 Å². The standard InChI is InChI=1S/C15H21N3O3/c1-5-7-11-14(19)18(15(20)17(11)8-6-2)13-9-12(10(3)4)21-16-13/h5-6,9-11,14,19H,1-2,7-8H2,3-4H3. The number of nitrogens with zero attached hydrogens (tertiary/aromatic N) is 3. The van der Waals surface area contributed by atoms with Crippen LogP contribution >= 0.6 is 0 Å². The molecular formula is C15H21N3O3. The highest BCUT2D eigenvalue weighted by Crippen LogP contribution is 2.30. The van der Waals surface area contributed by atoms with Gasteiger partial charge in [-0.15, -0.1) is 13.2 Å². The van der Waals surface area contributed by atoms with Gasteiger partial charge in [0.15, 0.2) is 12.0 Å². The van der Waals surface area contributed by atoms with Crippen molar-refractivity contribution in [3.63, 3.8) is 0 Å². The summed E-state index contributed by atoms with van der Waals surface area (Å²) in [5.41, 5.74) is 0. The van der Waals surface area contributed by atoms with Gasteiger partial charge < -0.3 is 14.5 Å². The summed E-state index contributed by atoms with van der Waals surface area (Å²) < 4.78 is 5.21. The second-order valence-corrected chi connectivity index (χ2v) is 5.34. The van der Waals surface area contributed by atoms with Crippen LogP contribution in [-0.2, 0) is 0 Å². The molecule has 2 amide bonds. The Kier molecular flexibility index (Phi) is 4.47. The Labute approximate surface area is 124 Å². The van der Waals surface area contributed by atoms with Crippen LogP contribution in [0.2, 0.25) is 0 Å². The number of hydrogen-bond acceptors (Lipinski definition) is 4. The molecule has 2 rings (SSSR count). The van der Waals surface area contributed by atoms with E-state index in [1.807, 2.05) is 13.8 Å². The van der Waals surface area contributed by atoms with Gasteiger partial charge in [-0.25, -0.2) is 9.69 Å². The summed E-state index contributed by atoms with van der Waals surface area (Å²) in [6.45, 7) is 11.6. The highest BCUT2D eigenvalue weighted by molar-refractivity contribution is 5.94. The molecule has 114 valence electrons. The zero-order valence-electron chi connectivity index (χ0n) is 12.4. The first-order valence-electron chi connectivity index (χ1n) is 6.97. The molecule has 21 heavy (non-hydrogen) atoms. The molecule has 6 heteroatoms. The van der Waals surface area contributed by atoms with Crippen LogP contribution in [0.3, 0.4) is 0 Å². The maximum absolute atomic E-state index is 12.5. The average Bonchev–Trinajstić information content (AvgIpc) is 2.99. The lowest BCUT2D eigenvalue weighted by Crippen LogP contribution is -2.37. The predicted octanol–water partition coefficient (Wildman–Crippen LogP) is 2.49. The van der Waals surface area contributed by atoms with Gasteiger partial charge in [-0.2, -0.15) is 0 Å². The minimum atomic E-state index is -0.986. The Hall–Kier alpha value is -2.08. The molecule has 1 fully saturated rings. The van der Waals surface area contributed by atoms with Crippen LogP contribution in [0.15, 0.2) is 35.9 Å². The van der Waals surface area contributed by atoms with Crippen molar-refractivity contribution in [3.8, 4) is 0 Å². The first-order valence-corrected chi connectivity index (χ1v) is 6.97. The largest absolute Gasteiger partial charge is 0.371 e. The van der Waals surface area contributed by atoms with Crippen molar-refractivity contribution in [2.75, 3.05) is 11.4 Å². The van der Waals surface area contributed by atoms with Crippen LogP contribution in [0.5, 0.6) is 0 Å². The number of urea groups is 1. The van der Waals surface area contributed by atoms with Gasteiger partial charge >= 0.3 is 6.03 Å². The van der Waals surface area contributed by atoms with E-state index in [1.165, 1.54) is 4.90 Å². The minimum Gasteiger partial charge on any atom is -0.371 e. The predicted molar refractivity (Wildman–Crippen MR) is 80.0 cm³/mol. The Morgan fingerprint density at radius 2 is 2.19 bits per heavy atom. The molecule has 0 spiro atoms. The van der Waals surface area contributed by atoms with Gasteiger partial charge in [0, 0.05) is 18.5 Å². The van der Waals surface area contributed by atoms with E-state index in [0.29, 0.717) is 24.5 Å². The zero-order chi connectivity index (χ0) is 15.6. The average molecular weight is 291 g/mol. The summed E-state index contributed by atoms with van der Waals surface area (Å²) in [5.74, 6) is 1.17. The van der Waals surface area contributed by atoms with Crippen LogP contribution in [0.1, 0.15) is 31.9 Å². The summed E-state index contributed by atoms with van der Waals surface area (Å²) in [4.78, 5) is 15.3. The van der Waals surface area contributed by atoms with Crippen LogP contribution in [-0.4, -0.2) is 40.0 Å². The molecular weight excluding hydrogens is 270 g/mol. The molecule has 1 aliphatic rings. The Balaban J connectivity index is 2.31. The normalized spacial score (nSPS) is 22.2. The molecule has 1 N–H and O–H groups in total. The lowest BCUT2D eigenvalue weighted by Gasteiger charge is -2.21. The van der Waals surface area contributed by atoms with E-state index in [9.17, 15) is 9.90 Å². The molecule has 6 nitrogen and oxygen atoms in total. The molecule has 1 aromatic heterocycles. The topological polar surface area (TPSA) is 69.8 Å². The van der Waals surface area contributed by atoms with E-state index < -0.39 is 6.23 Å². The fraction of sp³-hybridized carbons (Fsp3) is 0.467. The molecule has 0 saturated carbocycles. The van der Waals surface area contributed by atoms with E-state index in [0.717, 1.165) is 0 Å². The first kappa shape index (κ1) is 15.3. The van der Waals surface area contributed by atoms with Crippen molar-refractivity contribution in [3.05, 3.63) is 37.1 Å². The Morgan fingerprint density at radius 1 is 1.48 bits per heavy atom. The van der Waals surface area contributed by atoms with Crippen molar-refractivity contribution in [2.45, 2.75) is 38.5 Å². The van der Waals surface area contributed by atoms with Crippen LogP contribution < -0.4 is 4.90 Å². The SMILES string of the molecule is C=CCC1C(O)N(c2cc(C(C)C)on2)C(=O)N1CC=C. The molecule has 2 atom stereocenters. The van der Waals surface area contributed by atoms with Crippen LogP contribution in [0, 0.1) is 0 Å². The third-order valence-corrected chi connectivity index (χ3v) is 3.53.